The van der Waals surface area contributed by atoms with E-state index in [1.165, 1.54) is 11.3 Å². The van der Waals surface area contributed by atoms with Gasteiger partial charge in [-0.25, -0.2) is 0 Å². The maximum absolute atomic E-state index is 12.1. The molecule has 0 bridgehead atoms. The van der Waals surface area contributed by atoms with Gasteiger partial charge >= 0.3 is 5.97 Å². The average molecular weight is 314 g/mol. The number of carbonyl (C=O) groups excluding carboxylic acids is 2. The highest BCUT2D eigenvalue weighted by molar-refractivity contribution is 7.10. The van der Waals surface area contributed by atoms with Gasteiger partial charge in [0.25, 0.3) is 0 Å². The Kier molecular flexibility index (Phi) is 3.81. The molecule has 4 nitrogen and oxygen atoms in total. The molecule has 0 unspecified atom stereocenters. The van der Waals surface area contributed by atoms with Crippen LogP contribution in [-0.2, 0) is 11.2 Å². The van der Waals surface area contributed by atoms with Gasteiger partial charge in [0.1, 0.15) is 11.5 Å². The first-order chi connectivity index (χ1) is 10.5. The number of rotatable bonds is 3. The summed E-state index contributed by atoms with van der Waals surface area (Å²) >= 11 is 1.51. The molecule has 3 rings (SSSR count). The van der Waals surface area contributed by atoms with Gasteiger partial charge in [-0.05, 0) is 43.0 Å². The summed E-state index contributed by atoms with van der Waals surface area (Å²) in [6.45, 7) is 3.64. The number of carbonyl (C=O) groups is 2. The molecule has 112 valence electrons. The van der Waals surface area contributed by atoms with Crippen LogP contribution < -0.4 is 9.47 Å². The van der Waals surface area contributed by atoms with Crippen molar-refractivity contribution in [1.29, 1.82) is 0 Å². The Balaban J connectivity index is 1.76. The fraction of sp³-hybridized carbons (Fsp3) is 0.176. The van der Waals surface area contributed by atoms with Gasteiger partial charge in [-0.15, -0.1) is 11.3 Å². The summed E-state index contributed by atoms with van der Waals surface area (Å²) in [6, 6.07) is 8.60. The molecule has 0 spiro atoms. The van der Waals surface area contributed by atoms with Crippen LogP contribution in [0, 0.1) is 0 Å². The molecular formula is C17H14O4S. The third-order valence-corrected chi connectivity index (χ3v) is 4.08. The summed E-state index contributed by atoms with van der Waals surface area (Å²) in [6.07, 6.45) is 0.230. The van der Waals surface area contributed by atoms with E-state index in [4.69, 9.17) is 9.47 Å². The van der Waals surface area contributed by atoms with Gasteiger partial charge in [0.05, 0.1) is 12.0 Å². The lowest BCUT2D eigenvalue weighted by Crippen LogP contribution is -2.10. The number of benzene rings is 1. The standard InChI is InChI=1S/C17H14O4S/c1-10(2)17-16(19)13-6-5-11(8-14(13)21-17)20-15(18)9-12-4-3-7-22-12/h3-8H,9H2,1-2H3. The normalized spacial score (nSPS) is 12.8. The smallest absolute Gasteiger partial charge is 0.316 e. The Bertz CT molecular complexity index is 768. The maximum atomic E-state index is 12.1. The summed E-state index contributed by atoms with van der Waals surface area (Å²) in [5, 5.41) is 1.92. The topological polar surface area (TPSA) is 52.6 Å². The number of hydrogen-bond donors (Lipinski definition) is 0. The molecule has 1 aliphatic rings. The van der Waals surface area contributed by atoms with Gasteiger partial charge in [0, 0.05) is 10.9 Å². The summed E-state index contributed by atoms with van der Waals surface area (Å²) in [7, 11) is 0. The lowest BCUT2D eigenvalue weighted by Gasteiger charge is -2.05. The molecule has 2 aromatic rings. The number of ether oxygens (including phenoxy) is 2. The number of fused-ring (bicyclic) bond motifs is 1. The second kappa shape index (κ2) is 5.77. The van der Waals surface area contributed by atoms with E-state index in [2.05, 4.69) is 0 Å². The predicted octanol–water partition coefficient (Wildman–Crippen LogP) is 3.77. The third kappa shape index (κ3) is 2.80. The van der Waals surface area contributed by atoms with Crippen molar-refractivity contribution in [2.75, 3.05) is 0 Å². The van der Waals surface area contributed by atoms with E-state index in [1.807, 2.05) is 31.4 Å². The van der Waals surface area contributed by atoms with Crippen molar-refractivity contribution in [2.45, 2.75) is 20.3 Å². The Morgan fingerprint density at radius 2 is 2.09 bits per heavy atom. The van der Waals surface area contributed by atoms with E-state index < -0.39 is 0 Å². The third-order valence-electron chi connectivity index (χ3n) is 3.20. The second-order valence-electron chi connectivity index (χ2n) is 5.15. The van der Waals surface area contributed by atoms with Crippen LogP contribution >= 0.6 is 11.3 Å². The van der Waals surface area contributed by atoms with E-state index in [9.17, 15) is 9.59 Å². The van der Waals surface area contributed by atoms with Crippen LogP contribution in [0.1, 0.15) is 29.1 Å². The minimum atomic E-state index is -0.339. The minimum absolute atomic E-state index is 0.133. The zero-order valence-electron chi connectivity index (χ0n) is 12.2. The Morgan fingerprint density at radius 1 is 1.27 bits per heavy atom. The van der Waals surface area contributed by atoms with E-state index in [0.717, 1.165) is 10.5 Å². The van der Waals surface area contributed by atoms with Crippen molar-refractivity contribution >= 4 is 23.1 Å². The molecule has 5 heteroatoms. The average Bonchev–Trinajstić information content (AvgIpc) is 3.07. The number of thiophene rings is 1. The van der Waals surface area contributed by atoms with E-state index in [-0.39, 0.29) is 18.2 Å². The second-order valence-corrected chi connectivity index (χ2v) is 6.18. The SMILES string of the molecule is CC(C)=C1Oc2cc(OC(=O)Cc3cccs3)ccc2C1=O. The lowest BCUT2D eigenvalue weighted by molar-refractivity contribution is -0.133. The quantitative estimate of drug-likeness (QED) is 0.492. The zero-order chi connectivity index (χ0) is 15.7. The highest BCUT2D eigenvalue weighted by atomic mass is 32.1. The molecule has 0 atom stereocenters. The molecule has 2 heterocycles. The van der Waals surface area contributed by atoms with E-state index in [0.29, 0.717) is 22.8 Å². The molecule has 1 aromatic heterocycles. The number of allylic oxidation sites excluding steroid dienone is 2. The molecule has 0 saturated heterocycles. The van der Waals surface area contributed by atoms with Crippen LogP contribution in [0.15, 0.2) is 47.0 Å². The molecule has 0 saturated carbocycles. The minimum Gasteiger partial charge on any atom is -0.452 e. The number of ketones is 1. The molecule has 1 aromatic carbocycles. The fourth-order valence-electron chi connectivity index (χ4n) is 2.17. The summed E-state index contributed by atoms with van der Waals surface area (Å²) < 4.78 is 10.9. The highest BCUT2D eigenvalue weighted by Gasteiger charge is 2.28. The molecule has 0 radical (unpaired) electrons. The van der Waals surface area contributed by atoms with Gasteiger partial charge in [0.15, 0.2) is 5.76 Å². The molecule has 22 heavy (non-hydrogen) atoms. The molecular weight excluding hydrogens is 300 g/mol. The van der Waals surface area contributed by atoms with E-state index in [1.54, 1.807) is 18.2 Å². The highest BCUT2D eigenvalue weighted by Crippen LogP contribution is 2.35. The predicted molar refractivity (Wildman–Crippen MR) is 83.4 cm³/mol. The summed E-state index contributed by atoms with van der Waals surface area (Å²) in [4.78, 5) is 24.9. The van der Waals surface area contributed by atoms with Gasteiger partial charge in [-0.1, -0.05) is 6.07 Å². The molecule has 0 amide bonds. The summed E-state index contributed by atoms with van der Waals surface area (Å²) in [5.74, 6) is 0.684. The van der Waals surface area contributed by atoms with Crippen LogP contribution in [0.2, 0.25) is 0 Å². The maximum Gasteiger partial charge on any atom is 0.316 e. The van der Waals surface area contributed by atoms with Crippen molar-refractivity contribution in [1.82, 2.24) is 0 Å². The van der Waals surface area contributed by atoms with Crippen LogP contribution in [0.25, 0.3) is 0 Å². The van der Waals surface area contributed by atoms with E-state index >= 15 is 0 Å². The van der Waals surface area contributed by atoms with Gasteiger partial charge in [-0.2, -0.15) is 0 Å². The van der Waals surface area contributed by atoms with Gasteiger partial charge in [0.2, 0.25) is 5.78 Å². The van der Waals surface area contributed by atoms with Gasteiger partial charge < -0.3 is 9.47 Å². The van der Waals surface area contributed by atoms with Gasteiger partial charge in [-0.3, -0.25) is 9.59 Å². The van der Waals surface area contributed by atoms with Crippen molar-refractivity contribution in [3.63, 3.8) is 0 Å². The lowest BCUT2D eigenvalue weighted by atomic mass is 10.1. The van der Waals surface area contributed by atoms with Crippen molar-refractivity contribution in [3.05, 3.63) is 57.5 Å². The van der Waals surface area contributed by atoms with Crippen molar-refractivity contribution in [2.24, 2.45) is 0 Å². The first-order valence-electron chi connectivity index (χ1n) is 6.82. The van der Waals surface area contributed by atoms with Crippen LogP contribution in [-0.4, -0.2) is 11.8 Å². The fourth-order valence-corrected chi connectivity index (χ4v) is 2.86. The Labute approximate surface area is 132 Å². The molecule has 1 aliphatic heterocycles. The van der Waals surface area contributed by atoms with Crippen molar-refractivity contribution in [3.8, 4) is 11.5 Å². The Morgan fingerprint density at radius 3 is 2.77 bits per heavy atom. The number of esters is 1. The monoisotopic (exact) mass is 314 g/mol. The number of hydrogen-bond acceptors (Lipinski definition) is 5. The van der Waals surface area contributed by atoms with Crippen LogP contribution in [0.4, 0.5) is 0 Å². The number of Topliss-reactive ketones (excluding diaryl/α,β-unsaturated/α-hetero) is 1. The molecule has 0 fully saturated rings. The summed E-state index contributed by atoms with van der Waals surface area (Å²) in [5.41, 5.74) is 1.31. The van der Waals surface area contributed by atoms with Crippen LogP contribution in [0.3, 0.4) is 0 Å². The largest absolute Gasteiger partial charge is 0.452 e. The molecule has 0 aliphatic carbocycles. The Hall–Kier alpha value is -2.40. The molecule has 0 N–H and O–H groups in total. The van der Waals surface area contributed by atoms with Crippen LogP contribution in [0.5, 0.6) is 11.5 Å². The van der Waals surface area contributed by atoms with Crippen molar-refractivity contribution < 1.29 is 19.1 Å². The first kappa shape index (κ1) is 14.5. The first-order valence-corrected chi connectivity index (χ1v) is 7.69. The zero-order valence-corrected chi connectivity index (χ0v) is 13.0.